The van der Waals surface area contributed by atoms with E-state index in [4.69, 9.17) is 9.47 Å². The van der Waals surface area contributed by atoms with Gasteiger partial charge in [0.15, 0.2) is 11.5 Å². The van der Waals surface area contributed by atoms with E-state index in [0.29, 0.717) is 23.6 Å². The molecule has 3 rings (SSSR count). The van der Waals surface area contributed by atoms with Crippen LogP contribution >= 0.6 is 0 Å². The number of rotatable bonds is 5. The minimum absolute atomic E-state index is 0.00678. The van der Waals surface area contributed by atoms with Gasteiger partial charge in [0.25, 0.3) is 5.91 Å². The molecule has 1 N–H and O–H groups in total. The fourth-order valence-corrected chi connectivity index (χ4v) is 2.12. The third kappa shape index (κ3) is 3.68. The normalized spacial score (nSPS) is 12.3. The van der Waals surface area contributed by atoms with Crippen LogP contribution in [0.15, 0.2) is 42.5 Å². The summed E-state index contributed by atoms with van der Waals surface area (Å²) in [6.07, 6.45) is 0. The van der Waals surface area contributed by atoms with Crippen LogP contribution in [0.5, 0.6) is 17.2 Å². The van der Waals surface area contributed by atoms with Crippen molar-refractivity contribution in [1.29, 1.82) is 0 Å². The molecule has 23 heavy (non-hydrogen) atoms. The number of nitrogens with one attached hydrogen (secondary N) is 1. The Bertz CT molecular complexity index is 704. The highest BCUT2D eigenvalue weighted by atomic mass is 19.3. The van der Waals surface area contributed by atoms with Crippen molar-refractivity contribution in [3.05, 3.63) is 53.6 Å². The van der Waals surface area contributed by atoms with Gasteiger partial charge in [0, 0.05) is 12.1 Å². The summed E-state index contributed by atoms with van der Waals surface area (Å²) in [5, 5.41) is 2.74. The summed E-state index contributed by atoms with van der Waals surface area (Å²) in [4.78, 5) is 12.0. The fourth-order valence-electron chi connectivity index (χ4n) is 2.12. The van der Waals surface area contributed by atoms with E-state index in [0.717, 1.165) is 5.56 Å². The Labute approximate surface area is 130 Å². The lowest BCUT2D eigenvalue weighted by molar-refractivity contribution is -0.0498. The van der Waals surface area contributed by atoms with Crippen molar-refractivity contribution in [2.24, 2.45) is 0 Å². The van der Waals surface area contributed by atoms with Gasteiger partial charge in [-0.05, 0) is 42.0 Å². The molecule has 0 fully saturated rings. The van der Waals surface area contributed by atoms with E-state index < -0.39 is 6.61 Å². The molecule has 0 aromatic heterocycles. The zero-order chi connectivity index (χ0) is 16.2. The first kappa shape index (κ1) is 15.1. The number of carbonyl (C=O) groups is 1. The molecule has 2 aromatic rings. The summed E-state index contributed by atoms with van der Waals surface area (Å²) in [6, 6.07) is 10.9. The van der Waals surface area contributed by atoms with Crippen molar-refractivity contribution in [3.63, 3.8) is 0 Å². The lowest BCUT2D eigenvalue weighted by atomic mass is 10.1. The van der Waals surface area contributed by atoms with E-state index in [-0.39, 0.29) is 18.4 Å². The molecule has 0 radical (unpaired) electrons. The molecule has 120 valence electrons. The van der Waals surface area contributed by atoms with Gasteiger partial charge in [-0.2, -0.15) is 8.78 Å². The maximum Gasteiger partial charge on any atom is 0.387 e. The van der Waals surface area contributed by atoms with Crippen molar-refractivity contribution in [2.45, 2.75) is 13.2 Å². The highest BCUT2D eigenvalue weighted by Gasteiger charge is 2.14. The van der Waals surface area contributed by atoms with Gasteiger partial charge in [0.05, 0.1) is 0 Å². The van der Waals surface area contributed by atoms with Crippen LogP contribution in [0.25, 0.3) is 0 Å². The van der Waals surface area contributed by atoms with Gasteiger partial charge >= 0.3 is 6.61 Å². The molecule has 0 saturated heterocycles. The molecule has 0 spiro atoms. The topological polar surface area (TPSA) is 56.8 Å². The zero-order valence-corrected chi connectivity index (χ0v) is 11.9. The molecule has 1 aliphatic heterocycles. The predicted molar refractivity (Wildman–Crippen MR) is 76.8 cm³/mol. The van der Waals surface area contributed by atoms with Gasteiger partial charge < -0.3 is 19.5 Å². The molecule has 0 unspecified atom stereocenters. The van der Waals surface area contributed by atoms with E-state index in [2.05, 4.69) is 10.1 Å². The summed E-state index contributed by atoms with van der Waals surface area (Å²) >= 11 is 0. The number of carbonyl (C=O) groups excluding carboxylic acids is 1. The standard InChI is InChI=1S/C16H13F2NO4/c17-16(18)23-12-4-2-11(3-5-12)15(20)19-8-10-1-6-13-14(7-10)22-9-21-13/h1-7,16H,8-9H2,(H,19,20). The largest absolute Gasteiger partial charge is 0.454 e. The maximum atomic E-state index is 12.1. The molecular formula is C16H13F2NO4. The third-order valence-electron chi connectivity index (χ3n) is 3.23. The summed E-state index contributed by atoms with van der Waals surface area (Å²) in [7, 11) is 0. The Balaban J connectivity index is 1.58. The second-order valence-corrected chi connectivity index (χ2v) is 4.77. The summed E-state index contributed by atoms with van der Waals surface area (Å²) in [5.41, 5.74) is 1.22. The highest BCUT2D eigenvalue weighted by molar-refractivity contribution is 5.94. The summed E-state index contributed by atoms with van der Waals surface area (Å²) < 4.78 is 38.8. The minimum Gasteiger partial charge on any atom is -0.454 e. The number of hydrogen-bond donors (Lipinski definition) is 1. The fraction of sp³-hybridized carbons (Fsp3) is 0.188. The quantitative estimate of drug-likeness (QED) is 0.920. The number of hydrogen-bond acceptors (Lipinski definition) is 4. The van der Waals surface area contributed by atoms with Crippen LogP contribution in [0.4, 0.5) is 8.78 Å². The molecule has 7 heteroatoms. The molecule has 2 aromatic carbocycles. The Morgan fingerprint density at radius 1 is 1.13 bits per heavy atom. The number of fused-ring (bicyclic) bond motifs is 1. The van der Waals surface area contributed by atoms with Crippen LogP contribution in [0, 0.1) is 0 Å². The Morgan fingerprint density at radius 3 is 2.61 bits per heavy atom. The number of benzene rings is 2. The first-order valence-electron chi connectivity index (χ1n) is 6.83. The van der Waals surface area contributed by atoms with Gasteiger partial charge in [0.1, 0.15) is 5.75 Å². The average Bonchev–Trinajstić information content (AvgIpc) is 3.00. The van der Waals surface area contributed by atoms with Gasteiger partial charge in [-0.3, -0.25) is 4.79 Å². The van der Waals surface area contributed by atoms with Crippen LogP contribution in [0.3, 0.4) is 0 Å². The van der Waals surface area contributed by atoms with Crippen molar-refractivity contribution in [2.75, 3.05) is 6.79 Å². The molecule has 1 aliphatic rings. The van der Waals surface area contributed by atoms with E-state index >= 15 is 0 Å². The monoisotopic (exact) mass is 321 g/mol. The first-order valence-corrected chi connectivity index (χ1v) is 6.83. The van der Waals surface area contributed by atoms with Crippen molar-refractivity contribution < 1.29 is 27.8 Å². The third-order valence-corrected chi connectivity index (χ3v) is 3.23. The van der Waals surface area contributed by atoms with Crippen LogP contribution in [0.2, 0.25) is 0 Å². The minimum atomic E-state index is -2.89. The lowest BCUT2D eigenvalue weighted by Crippen LogP contribution is -2.22. The summed E-state index contributed by atoms with van der Waals surface area (Å²) in [6.45, 7) is -2.39. The van der Waals surface area contributed by atoms with E-state index in [1.165, 1.54) is 24.3 Å². The molecule has 5 nitrogen and oxygen atoms in total. The molecule has 0 aliphatic carbocycles. The molecule has 0 bridgehead atoms. The first-order chi connectivity index (χ1) is 11.1. The van der Waals surface area contributed by atoms with Crippen molar-refractivity contribution in [3.8, 4) is 17.2 Å². The number of ether oxygens (including phenoxy) is 3. The van der Waals surface area contributed by atoms with Gasteiger partial charge in [-0.25, -0.2) is 0 Å². The van der Waals surface area contributed by atoms with Gasteiger partial charge in [-0.15, -0.1) is 0 Å². The Morgan fingerprint density at radius 2 is 1.87 bits per heavy atom. The maximum absolute atomic E-state index is 12.1. The van der Waals surface area contributed by atoms with Gasteiger partial charge in [0.2, 0.25) is 6.79 Å². The lowest BCUT2D eigenvalue weighted by Gasteiger charge is -2.08. The van der Waals surface area contributed by atoms with Crippen molar-refractivity contribution in [1.82, 2.24) is 5.32 Å². The van der Waals surface area contributed by atoms with Crippen molar-refractivity contribution >= 4 is 5.91 Å². The van der Waals surface area contributed by atoms with E-state index in [9.17, 15) is 13.6 Å². The molecule has 0 saturated carbocycles. The van der Waals surface area contributed by atoms with Crippen LogP contribution in [-0.4, -0.2) is 19.3 Å². The van der Waals surface area contributed by atoms with E-state index in [1.807, 2.05) is 6.07 Å². The zero-order valence-electron chi connectivity index (χ0n) is 11.9. The molecule has 1 amide bonds. The van der Waals surface area contributed by atoms with Gasteiger partial charge in [-0.1, -0.05) is 6.07 Å². The average molecular weight is 321 g/mol. The second kappa shape index (κ2) is 6.51. The summed E-state index contributed by atoms with van der Waals surface area (Å²) in [5.74, 6) is 1.01. The molecule has 1 heterocycles. The van der Waals surface area contributed by atoms with Crippen LogP contribution in [0.1, 0.15) is 15.9 Å². The Kier molecular flexibility index (Phi) is 4.27. The van der Waals surface area contributed by atoms with Crippen LogP contribution in [-0.2, 0) is 6.54 Å². The van der Waals surface area contributed by atoms with Crippen LogP contribution < -0.4 is 19.5 Å². The predicted octanol–water partition coefficient (Wildman–Crippen LogP) is 2.95. The highest BCUT2D eigenvalue weighted by Crippen LogP contribution is 2.32. The SMILES string of the molecule is O=C(NCc1ccc2c(c1)OCO2)c1ccc(OC(F)F)cc1. The van der Waals surface area contributed by atoms with E-state index in [1.54, 1.807) is 12.1 Å². The number of amides is 1. The second-order valence-electron chi connectivity index (χ2n) is 4.77. The smallest absolute Gasteiger partial charge is 0.387 e. The molecule has 0 atom stereocenters. The molecular weight excluding hydrogens is 308 g/mol. The number of alkyl halides is 2. The Hall–Kier alpha value is -2.83. The number of halogens is 2.